The van der Waals surface area contributed by atoms with Gasteiger partial charge in [0.15, 0.2) is 0 Å². The number of hydrogen-bond acceptors (Lipinski definition) is 2. The molecule has 0 bridgehead atoms. The Kier molecular flexibility index (Phi) is 4.86. The predicted octanol–water partition coefficient (Wildman–Crippen LogP) is 3.10. The SMILES string of the molecule is C=CCCOP(=O)(O)C1CCCCC1. The Labute approximate surface area is 85.7 Å². The van der Waals surface area contributed by atoms with Gasteiger partial charge in [-0.3, -0.25) is 4.57 Å². The highest BCUT2D eigenvalue weighted by molar-refractivity contribution is 7.53. The van der Waals surface area contributed by atoms with Gasteiger partial charge in [-0.05, 0) is 19.3 Å². The van der Waals surface area contributed by atoms with E-state index in [0.29, 0.717) is 13.0 Å². The van der Waals surface area contributed by atoms with Crippen LogP contribution in [0, 0.1) is 0 Å². The summed E-state index contributed by atoms with van der Waals surface area (Å²) in [5, 5.41) is 0. The zero-order valence-corrected chi connectivity index (χ0v) is 9.42. The van der Waals surface area contributed by atoms with Crippen LogP contribution in [-0.2, 0) is 9.09 Å². The minimum atomic E-state index is -3.35. The lowest BCUT2D eigenvalue weighted by molar-refractivity contribution is 0.247. The molecule has 0 spiro atoms. The van der Waals surface area contributed by atoms with Gasteiger partial charge in [0.25, 0.3) is 0 Å². The van der Waals surface area contributed by atoms with Gasteiger partial charge in [-0.2, -0.15) is 0 Å². The van der Waals surface area contributed by atoms with Crippen molar-refractivity contribution in [2.75, 3.05) is 6.61 Å². The lowest BCUT2D eigenvalue weighted by atomic mass is 10.0. The van der Waals surface area contributed by atoms with Gasteiger partial charge in [-0.25, -0.2) is 0 Å². The van der Waals surface area contributed by atoms with Crippen LogP contribution in [0.2, 0.25) is 0 Å². The van der Waals surface area contributed by atoms with Crippen molar-refractivity contribution in [3.05, 3.63) is 12.7 Å². The van der Waals surface area contributed by atoms with E-state index in [1.54, 1.807) is 6.08 Å². The van der Waals surface area contributed by atoms with E-state index in [2.05, 4.69) is 6.58 Å². The maximum absolute atomic E-state index is 11.7. The van der Waals surface area contributed by atoms with Gasteiger partial charge < -0.3 is 9.42 Å². The maximum Gasteiger partial charge on any atom is 0.331 e. The Bertz CT molecular complexity index is 221. The van der Waals surface area contributed by atoms with Gasteiger partial charge in [0.05, 0.1) is 12.3 Å². The molecule has 1 fully saturated rings. The van der Waals surface area contributed by atoms with Crippen LogP contribution in [0.5, 0.6) is 0 Å². The number of rotatable bonds is 5. The highest BCUT2D eigenvalue weighted by atomic mass is 31.2. The van der Waals surface area contributed by atoms with Crippen LogP contribution in [0.4, 0.5) is 0 Å². The van der Waals surface area contributed by atoms with E-state index in [0.717, 1.165) is 25.7 Å². The minimum absolute atomic E-state index is 0.124. The van der Waals surface area contributed by atoms with Crippen molar-refractivity contribution in [1.29, 1.82) is 0 Å². The molecular formula is C10H19O3P. The molecule has 0 saturated heterocycles. The minimum Gasteiger partial charge on any atom is -0.324 e. The fourth-order valence-electron chi connectivity index (χ4n) is 1.78. The summed E-state index contributed by atoms with van der Waals surface area (Å²) in [5.41, 5.74) is -0.124. The van der Waals surface area contributed by atoms with Crippen molar-refractivity contribution >= 4 is 7.60 Å². The highest BCUT2D eigenvalue weighted by Gasteiger charge is 2.32. The molecule has 1 aliphatic rings. The Hall–Kier alpha value is -0.110. The van der Waals surface area contributed by atoms with E-state index in [4.69, 9.17) is 4.52 Å². The number of hydrogen-bond donors (Lipinski definition) is 1. The van der Waals surface area contributed by atoms with Gasteiger partial charge in [0, 0.05) is 0 Å². The third-order valence-electron chi connectivity index (χ3n) is 2.63. The van der Waals surface area contributed by atoms with Crippen LogP contribution >= 0.6 is 7.60 Å². The van der Waals surface area contributed by atoms with Crippen molar-refractivity contribution in [2.45, 2.75) is 44.2 Å². The van der Waals surface area contributed by atoms with Crippen molar-refractivity contribution in [3.63, 3.8) is 0 Å². The molecule has 1 unspecified atom stereocenters. The molecule has 0 aromatic rings. The van der Waals surface area contributed by atoms with E-state index >= 15 is 0 Å². The Morgan fingerprint density at radius 3 is 2.64 bits per heavy atom. The fourth-order valence-corrected chi connectivity index (χ4v) is 3.38. The first kappa shape index (κ1) is 12.0. The molecule has 14 heavy (non-hydrogen) atoms. The summed E-state index contributed by atoms with van der Waals surface area (Å²) in [4.78, 5) is 9.66. The lowest BCUT2D eigenvalue weighted by Gasteiger charge is -2.25. The van der Waals surface area contributed by atoms with Crippen LogP contribution in [0.25, 0.3) is 0 Å². The molecule has 0 radical (unpaired) electrons. The van der Waals surface area contributed by atoms with E-state index < -0.39 is 7.60 Å². The second-order valence-corrected chi connectivity index (χ2v) is 5.88. The summed E-state index contributed by atoms with van der Waals surface area (Å²) in [6.45, 7) is 3.85. The summed E-state index contributed by atoms with van der Waals surface area (Å²) in [6, 6.07) is 0. The summed E-state index contributed by atoms with van der Waals surface area (Å²) in [6.07, 6.45) is 7.30. The van der Waals surface area contributed by atoms with Gasteiger partial charge in [-0.15, -0.1) is 6.58 Å². The fraction of sp³-hybridized carbons (Fsp3) is 0.800. The average Bonchev–Trinajstić information content (AvgIpc) is 2.19. The van der Waals surface area contributed by atoms with Gasteiger partial charge in [0.1, 0.15) is 0 Å². The highest BCUT2D eigenvalue weighted by Crippen LogP contribution is 2.52. The first-order valence-electron chi connectivity index (χ1n) is 5.25. The van der Waals surface area contributed by atoms with Crippen LogP contribution in [0.15, 0.2) is 12.7 Å². The molecule has 1 aliphatic carbocycles. The van der Waals surface area contributed by atoms with E-state index in [9.17, 15) is 9.46 Å². The first-order chi connectivity index (χ1) is 6.67. The molecule has 82 valence electrons. The van der Waals surface area contributed by atoms with Crippen LogP contribution in [0.3, 0.4) is 0 Å². The standard InChI is InChI=1S/C10H19O3P/c1-2-3-9-13-14(11,12)10-7-5-4-6-8-10/h2,10H,1,3-9H2,(H,11,12). The predicted molar refractivity (Wildman–Crippen MR) is 57.5 cm³/mol. The summed E-state index contributed by atoms with van der Waals surface area (Å²) >= 11 is 0. The van der Waals surface area contributed by atoms with E-state index in [1.807, 2.05) is 0 Å². The molecular weight excluding hydrogens is 199 g/mol. The molecule has 1 N–H and O–H groups in total. The Morgan fingerprint density at radius 1 is 1.43 bits per heavy atom. The molecule has 0 aromatic carbocycles. The van der Waals surface area contributed by atoms with Crippen molar-refractivity contribution in [2.24, 2.45) is 0 Å². The van der Waals surface area contributed by atoms with Crippen molar-refractivity contribution in [3.8, 4) is 0 Å². The van der Waals surface area contributed by atoms with E-state index in [-0.39, 0.29) is 5.66 Å². The Balaban J connectivity index is 2.37. The average molecular weight is 218 g/mol. The second-order valence-electron chi connectivity index (χ2n) is 3.77. The van der Waals surface area contributed by atoms with Gasteiger partial charge in [-0.1, -0.05) is 25.3 Å². The molecule has 1 atom stereocenters. The molecule has 0 amide bonds. The maximum atomic E-state index is 11.7. The Morgan fingerprint density at radius 2 is 2.07 bits per heavy atom. The largest absolute Gasteiger partial charge is 0.331 e. The van der Waals surface area contributed by atoms with Gasteiger partial charge >= 0.3 is 7.60 Å². The summed E-state index contributed by atoms with van der Waals surface area (Å²) in [7, 11) is -3.35. The topological polar surface area (TPSA) is 46.5 Å². The molecule has 0 aliphatic heterocycles. The van der Waals surface area contributed by atoms with Crippen LogP contribution in [0.1, 0.15) is 38.5 Å². The summed E-state index contributed by atoms with van der Waals surface area (Å²) < 4.78 is 16.8. The quantitative estimate of drug-likeness (QED) is 0.438. The zero-order valence-electron chi connectivity index (χ0n) is 8.52. The van der Waals surface area contributed by atoms with E-state index in [1.165, 1.54) is 6.42 Å². The molecule has 3 nitrogen and oxygen atoms in total. The third-order valence-corrected chi connectivity index (χ3v) is 4.63. The van der Waals surface area contributed by atoms with Crippen LogP contribution < -0.4 is 0 Å². The first-order valence-corrected chi connectivity index (χ1v) is 6.89. The normalized spacial score (nSPS) is 22.9. The van der Waals surface area contributed by atoms with Crippen LogP contribution in [-0.4, -0.2) is 17.2 Å². The molecule has 0 aromatic heterocycles. The molecule has 1 rings (SSSR count). The summed E-state index contributed by atoms with van der Waals surface area (Å²) in [5.74, 6) is 0. The third kappa shape index (κ3) is 3.56. The molecule has 1 saturated carbocycles. The molecule has 4 heteroatoms. The molecule has 0 heterocycles. The van der Waals surface area contributed by atoms with Gasteiger partial charge in [0.2, 0.25) is 0 Å². The van der Waals surface area contributed by atoms with Crippen molar-refractivity contribution < 1.29 is 14.0 Å². The monoisotopic (exact) mass is 218 g/mol. The zero-order chi connectivity index (χ0) is 10.4. The van der Waals surface area contributed by atoms with Crippen molar-refractivity contribution in [1.82, 2.24) is 0 Å². The lowest BCUT2D eigenvalue weighted by Crippen LogP contribution is -2.14. The second kappa shape index (κ2) is 5.69. The smallest absolute Gasteiger partial charge is 0.324 e.